The predicted octanol–water partition coefficient (Wildman–Crippen LogP) is 0.263. The predicted molar refractivity (Wildman–Crippen MR) is 71.4 cm³/mol. The average molecular weight is 284 g/mol. The second-order valence-electron chi connectivity index (χ2n) is 5.19. The van der Waals surface area contributed by atoms with Gasteiger partial charge in [0.1, 0.15) is 12.4 Å². The maximum Gasteiger partial charge on any atom is 0.306 e. The summed E-state index contributed by atoms with van der Waals surface area (Å²) in [5, 5.41) is 24.4. The Kier molecular flexibility index (Phi) is 5.05. The molecule has 1 aromatic rings. The van der Waals surface area contributed by atoms with Crippen molar-refractivity contribution < 1.29 is 14.8 Å². The van der Waals surface area contributed by atoms with Gasteiger partial charge in [-0.05, 0) is 19.9 Å². The van der Waals surface area contributed by atoms with Gasteiger partial charge in [0.15, 0.2) is 0 Å². The topological polar surface area (TPSA) is 93.7 Å². The van der Waals surface area contributed by atoms with Crippen LogP contribution in [0.3, 0.4) is 0 Å². The fourth-order valence-electron chi connectivity index (χ4n) is 2.39. The third-order valence-electron chi connectivity index (χ3n) is 3.29. The molecule has 0 bridgehead atoms. The summed E-state index contributed by atoms with van der Waals surface area (Å²) in [6, 6.07) is 0. The molecule has 1 N–H and O–H groups in total. The third kappa shape index (κ3) is 4.26. The van der Waals surface area contributed by atoms with E-state index in [1.165, 1.54) is 17.1 Å². The van der Waals surface area contributed by atoms with Crippen LogP contribution < -0.4 is 0 Å². The van der Waals surface area contributed by atoms with E-state index in [-0.39, 0.29) is 18.3 Å². The van der Waals surface area contributed by atoms with Crippen LogP contribution in [0, 0.1) is 10.1 Å². The highest BCUT2D eigenvalue weighted by atomic mass is 16.6. The summed E-state index contributed by atoms with van der Waals surface area (Å²) in [6.07, 6.45) is 4.29. The van der Waals surface area contributed by atoms with Gasteiger partial charge in [0.2, 0.25) is 0 Å². The lowest BCUT2D eigenvalue weighted by Crippen LogP contribution is -2.36. The highest BCUT2D eigenvalue weighted by Gasteiger charge is 2.19. The Bertz CT molecular complexity index is 444. The van der Waals surface area contributed by atoms with Crippen molar-refractivity contribution in [1.29, 1.82) is 0 Å². The Hall–Kier alpha value is -1.51. The van der Waals surface area contributed by atoms with E-state index in [2.05, 4.69) is 5.10 Å². The summed E-state index contributed by atoms with van der Waals surface area (Å²) in [5.41, 5.74) is -0.0649. The summed E-state index contributed by atoms with van der Waals surface area (Å²) >= 11 is 0. The number of rotatable bonds is 7. The number of hydrogen-bond acceptors (Lipinski definition) is 6. The fraction of sp³-hybridized carbons (Fsp3) is 0.750. The highest BCUT2D eigenvalue weighted by Crippen LogP contribution is 2.13. The first-order valence-electron chi connectivity index (χ1n) is 6.69. The molecule has 8 nitrogen and oxygen atoms in total. The van der Waals surface area contributed by atoms with Gasteiger partial charge < -0.3 is 14.7 Å². The van der Waals surface area contributed by atoms with Gasteiger partial charge in [0, 0.05) is 19.7 Å². The van der Waals surface area contributed by atoms with Crippen molar-refractivity contribution in [2.45, 2.75) is 31.6 Å². The van der Waals surface area contributed by atoms with Crippen LogP contribution in [0.25, 0.3) is 0 Å². The van der Waals surface area contributed by atoms with Crippen molar-refractivity contribution in [3.05, 3.63) is 22.5 Å². The Morgan fingerprint density at radius 1 is 1.75 bits per heavy atom. The molecule has 112 valence electrons. The second-order valence-corrected chi connectivity index (χ2v) is 5.19. The monoisotopic (exact) mass is 284 g/mol. The molecule has 0 radical (unpaired) electrons. The normalized spacial score (nSPS) is 20.4. The Balaban J connectivity index is 1.75. The lowest BCUT2D eigenvalue weighted by molar-refractivity contribution is -0.385. The molecule has 1 aliphatic heterocycles. The number of nitrogens with zero attached hydrogens (tertiary/aromatic N) is 4. The van der Waals surface area contributed by atoms with E-state index in [1.807, 2.05) is 11.9 Å². The van der Waals surface area contributed by atoms with Gasteiger partial charge in [-0.1, -0.05) is 0 Å². The molecular weight excluding hydrogens is 264 g/mol. The smallest absolute Gasteiger partial charge is 0.306 e. The van der Waals surface area contributed by atoms with Crippen LogP contribution in [-0.4, -0.2) is 63.7 Å². The number of hydrogen-bond donors (Lipinski definition) is 1. The van der Waals surface area contributed by atoms with E-state index < -0.39 is 11.0 Å². The van der Waals surface area contributed by atoms with Crippen LogP contribution in [-0.2, 0) is 11.3 Å². The van der Waals surface area contributed by atoms with Crippen molar-refractivity contribution in [3.63, 3.8) is 0 Å². The average Bonchev–Trinajstić information content (AvgIpc) is 2.99. The van der Waals surface area contributed by atoms with Crippen molar-refractivity contribution in [1.82, 2.24) is 14.7 Å². The molecule has 0 aromatic carbocycles. The molecule has 2 rings (SSSR count). The zero-order chi connectivity index (χ0) is 14.5. The minimum absolute atomic E-state index is 0.0649. The lowest BCUT2D eigenvalue weighted by Gasteiger charge is -2.23. The van der Waals surface area contributed by atoms with Gasteiger partial charge in [-0.3, -0.25) is 14.8 Å². The molecule has 0 saturated carbocycles. The SMILES string of the molecule is CN(CC(O)Cn1cc([N+](=O)[O-])cn1)CC1CCCO1. The molecule has 8 heteroatoms. The Morgan fingerprint density at radius 2 is 2.55 bits per heavy atom. The quantitative estimate of drug-likeness (QED) is 0.570. The molecule has 0 aliphatic carbocycles. The first-order chi connectivity index (χ1) is 9.54. The molecule has 1 aliphatic rings. The van der Waals surface area contributed by atoms with Gasteiger partial charge in [-0.2, -0.15) is 5.10 Å². The van der Waals surface area contributed by atoms with Crippen LogP contribution in [0.2, 0.25) is 0 Å². The molecule has 0 amide bonds. The zero-order valence-electron chi connectivity index (χ0n) is 11.5. The number of ether oxygens (including phenoxy) is 1. The lowest BCUT2D eigenvalue weighted by atomic mass is 10.2. The van der Waals surface area contributed by atoms with Crippen LogP contribution in [0.5, 0.6) is 0 Å². The van der Waals surface area contributed by atoms with Crippen molar-refractivity contribution in [2.75, 3.05) is 26.7 Å². The van der Waals surface area contributed by atoms with Crippen molar-refractivity contribution >= 4 is 5.69 Å². The summed E-state index contributed by atoms with van der Waals surface area (Å²) in [6.45, 7) is 2.32. The van der Waals surface area contributed by atoms with E-state index in [1.54, 1.807) is 0 Å². The van der Waals surface area contributed by atoms with Crippen LogP contribution >= 0.6 is 0 Å². The molecule has 2 heterocycles. The van der Waals surface area contributed by atoms with Crippen LogP contribution in [0.15, 0.2) is 12.4 Å². The zero-order valence-corrected chi connectivity index (χ0v) is 11.5. The highest BCUT2D eigenvalue weighted by molar-refractivity contribution is 5.20. The van der Waals surface area contributed by atoms with Gasteiger partial charge in [0.05, 0.1) is 23.7 Å². The standard InChI is InChI=1S/C12H20N4O4/c1-14(9-12-3-2-4-20-12)7-11(17)8-15-6-10(5-13-15)16(18)19/h5-6,11-12,17H,2-4,7-9H2,1H3. The number of likely N-dealkylation sites (N-methyl/N-ethyl adjacent to an activating group) is 1. The number of aromatic nitrogens is 2. The van der Waals surface area contributed by atoms with Gasteiger partial charge >= 0.3 is 5.69 Å². The summed E-state index contributed by atoms with van der Waals surface area (Å²) < 4.78 is 6.93. The minimum atomic E-state index is -0.624. The van der Waals surface area contributed by atoms with Crippen molar-refractivity contribution in [2.24, 2.45) is 0 Å². The van der Waals surface area contributed by atoms with E-state index in [9.17, 15) is 15.2 Å². The third-order valence-corrected chi connectivity index (χ3v) is 3.29. The largest absolute Gasteiger partial charge is 0.390 e. The van der Waals surface area contributed by atoms with Gasteiger partial charge in [-0.15, -0.1) is 0 Å². The maximum absolute atomic E-state index is 10.5. The number of nitro groups is 1. The van der Waals surface area contributed by atoms with Crippen LogP contribution in [0.4, 0.5) is 5.69 Å². The molecular formula is C12H20N4O4. The molecule has 20 heavy (non-hydrogen) atoms. The molecule has 1 saturated heterocycles. The molecule has 1 aromatic heterocycles. The minimum Gasteiger partial charge on any atom is -0.390 e. The number of aliphatic hydroxyl groups excluding tert-OH is 1. The second kappa shape index (κ2) is 6.78. The van der Waals surface area contributed by atoms with Gasteiger partial charge in [0.25, 0.3) is 0 Å². The first-order valence-corrected chi connectivity index (χ1v) is 6.69. The summed E-state index contributed by atoms with van der Waals surface area (Å²) in [5.74, 6) is 0. The number of aliphatic hydroxyl groups is 1. The maximum atomic E-state index is 10.5. The van der Waals surface area contributed by atoms with E-state index in [4.69, 9.17) is 4.74 Å². The van der Waals surface area contributed by atoms with Gasteiger partial charge in [-0.25, -0.2) is 0 Å². The van der Waals surface area contributed by atoms with Crippen molar-refractivity contribution in [3.8, 4) is 0 Å². The van der Waals surface area contributed by atoms with E-state index >= 15 is 0 Å². The molecule has 1 fully saturated rings. The molecule has 0 spiro atoms. The van der Waals surface area contributed by atoms with E-state index in [0.29, 0.717) is 6.54 Å². The Morgan fingerprint density at radius 3 is 3.15 bits per heavy atom. The molecule has 2 atom stereocenters. The Labute approximate surface area is 117 Å². The molecule has 2 unspecified atom stereocenters. The fourth-order valence-corrected chi connectivity index (χ4v) is 2.39. The first kappa shape index (κ1) is 14.9. The summed E-state index contributed by atoms with van der Waals surface area (Å²) in [4.78, 5) is 12.1. The van der Waals surface area contributed by atoms with Crippen LogP contribution in [0.1, 0.15) is 12.8 Å². The summed E-state index contributed by atoms with van der Waals surface area (Å²) in [7, 11) is 1.93. The van der Waals surface area contributed by atoms with E-state index in [0.717, 1.165) is 26.0 Å².